The molecule has 3 aliphatic rings. The van der Waals surface area contributed by atoms with Crippen molar-refractivity contribution < 1.29 is 57.6 Å². The Morgan fingerprint density at radius 3 is 1.63 bits per heavy atom. The molecule has 1 aliphatic heterocycles. The number of carbonyl (C=O) groups excluding carboxylic acids is 4. The normalized spacial score (nSPS) is 21.2. The predicted octanol–water partition coefficient (Wildman–Crippen LogP) is 1.92. The summed E-state index contributed by atoms with van der Waals surface area (Å²) in [6, 6.07) is 0. The number of carbonyl (C=O) groups is 4. The summed E-state index contributed by atoms with van der Waals surface area (Å²) in [5, 5.41) is 2.80. The largest absolute Gasteiger partial charge is 0.657 e. The van der Waals surface area contributed by atoms with Gasteiger partial charge in [0.1, 0.15) is 0 Å². The quantitative estimate of drug-likeness (QED) is 0.102. The average molecular weight is 826 g/mol. The molecule has 4 aromatic rings. The molecule has 4 atom stereocenters. The topological polar surface area (TPSA) is 162 Å². The number of esters is 4. The van der Waals surface area contributed by atoms with Crippen LogP contribution in [0.25, 0.3) is 24.3 Å². The van der Waals surface area contributed by atoms with Gasteiger partial charge in [-0.05, 0) is 79.1 Å². The molecule has 298 valence electrons. The molecular weight excluding hydrogens is 778 g/mol. The van der Waals surface area contributed by atoms with Gasteiger partial charge in [-0.15, -0.1) is 44.2 Å². The Balaban J connectivity index is 0.00000549. The summed E-state index contributed by atoms with van der Waals surface area (Å²) in [6.07, 6.45) is 10.3. The van der Waals surface area contributed by atoms with Crippen LogP contribution in [0.4, 0.5) is 0 Å². The molecule has 0 spiro atoms. The molecule has 0 N–H and O–H groups in total. The van der Waals surface area contributed by atoms with Crippen LogP contribution in [0.1, 0.15) is 119 Å². The third-order valence-corrected chi connectivity index (χ3v) is 11.6. The summed E-state index contributed by atoms with van der Waals surface area (Å²) in [4.78, 5) is 71.2. The van der Waals surface area contributed by atoms with Crippen LogP contribution in [0, 0.1) is 39.5 Å². The molecule has 4 aromatic heterocycles. The summed E-state index contributed by atoms with van der Waals surface area (Å²) in [5.74, 6) is -1.73. The van der Waals surface area contributed by atoms with Crippen molar-refractivity contribution in [1.82, 2.24) is 19.9 Å². The van der Waals surface area contributed by atoms with Crippen LogP contribution in [0.3, 0.4) is 0 Å². The minimum atomic E-state index is -0.330. The first kappa shape index (κ1) is 41.7. The zero-order valence-corrected chi connectivity index (χ0v) is 37.0. The second kappa shape index (κ2) is 16.9. The van der Waals surface area contributed by atoms with Crippen molar-refractivity contribution >= 4 is 48.2 Å². The molecule has 4 unspecified atom stereocenters. The van der Waals surface area contributed by atoms with Gasteiger partial charge in [-0.3, -0.25) is 19.2 Å². The Morgan fingerprint density at radius 1 is 0.561 bits per heavy atom. The summed E-state index contributed by atoms with van der Waals surface area (Å²) in [6.45, 7) is 12.3. The number of aromatic nitrogens is 4. The number of fused-ring (bicyclic) bond motifs is 8. The first-order valence-corrected chi connectivity index (χ1v) is 19.4. The standard InChI is InChI=1S/C44H48N4O8.Zn/c1-9-55-43(51)29-15-27(29)41-23(5)33-17-31-21(3)25(11-13-39(49)53-7)35(45-31)20-36-26(12-14-40(50)54-8)22(4)32(46-36)18-37-42(28-16-30(28)44(52)56-10-2)24(6)34(48-37)19-38(41)47-33;/h17-20,27-30H,9-16H2,1-8H3;/q-4;/b31-17?,32-18-,33-17-,34-19?,35-20?,36-20-,37-18?,38-19-;. The monoisotopic (exact) mass is 824 g/mol. The van der Waals surface area contributed by atoms with Crippen LogP contribution < -0.4 is 41.3 Å². The van der Waals surface area contributed by atoms with Gasteiger partial charge in [0.25, 0.3) is 0 Å². The molecule has 2 fully saturated rings. The number of hydrogen-bond donors (Lipinski definition) is 0. The van der Waals surface area contributed by atoms with E-state index in [9.17, 15) is 19.2 Å². The number of rotatable bonds is 12. The first-order chi connectivity index (χ1) is 26.9. The third-order valence-electron chi connectivity index (χ3n) is 11.6. The average Bonchev–Trinajstić information content (AvgIpc) is 4.04. The number of ether oxygens (including phenoxy) is 4. The zero-order chi connectivity index (χ0) is 40.0. The number of nitrogens with zero attached hydrogens (tertiary/aromatic N) is 4. The molecular formula is C44H48N4O8Zn-4. The summed E-state index contributed by atoms with van der Waals surface area (Å²) in [5.41, 5.74) is 10.2. The van der Waals surface area contributed by atoms with Crippen molar-refractivity contribution in [3.05, 3.63) is 88.7 Å². The van der Waals surface area contributed by atoms with Gasteiger partial charge in [-0.25, -0.2) is 0 Å². The summed E-state index contributed by atoms with van der Waals surface area (Å²) < 4.78 is 20.8. The molecule has 2 saturated carbocycles. The van der Waals surface area contributed by atoms with Crippen LogP contribution in [-0.4, -0.2) is 51.3 Å². The Labute approximate surface area is 344 Å². The molecule has 2 aliphatic carbocycles. The fraction of sp³-hybridized carbons (Fsp3) is 0.455. The molecule has 12 nitrogen and oxygen atoms in total. The van der Waals surface area contributed by atoms with Crippen molar-refractivity contribution in [1.29, 1.82) is 0 Å². The number of hydrogen-bond acceptors (Lipinski definition) is 8. The van der Waals surface area contributed by atoms with E-state index >= 15 is 0 Å². The van der Waals surface area contributed by atoms with Gasteiger partial charge in [0, 0.05) is 32.3 Å². The maximum atomic E-state index is 12.9. The third kappa shape index (κ3) is 8.13. The van der Waals surface area contributed by atoms with Crippen molar-refractivity contribution in [3.63, 3.8) is 0 Å². The Bertz CT molecular complexity index is 2500. The van der Waals surface area contributed by atoms with Gasteiger partial charge in [0.05, 0.1) is 39.3 Å². The van der Waals surface area contributed by atoms with Crippen molar-refractivity contribution in [2.24, 2.45) is 11.8 Å². The Hall–Kier alpha value is -4.90. The molecule has 0 amide bonds. The van der Waals surface area contributed by atoms with Crippen LogP contribution >= 0.6 is 0 Å². The molecule has 57 heavy (non-hydrogen) atoms. The van der Waals surface area contributed by atoms with Crippen LogP contribution in [0.15, 0.2) is 0 Å². The molecule has 0 aromatic carbocycles. The molecule has 0 radical (unpaired) electrons. The second-order valence-corrected chi connectivity index (χ2v) is 14.9. The molecule has 7 rings (SSSR count). The predicted molar refractivity (Wildman–Crippen MR) is 206 cm³/mol. The Morgan fingerprint density at radius 2 is 1.04 bits per heavy atom. The van der Waals surface area contributed by atoms with E-state index < -0.39 is 0 Å². The smallest absolute Gasteiger partial charge is 0.309 e. The SMILES string of the molecule is CCOC(=O)C1CC1c1c2[n-]c(c1C)/C=c1\[n-]/c(c(C)c1C1CC1C(=O)OCC)=C\c1[n-]c(c(CCC(=O)OC)c1C)/C=c1\[n-]/c(c(C)c1CCC(=O)OC)=C\2.[Zn]. The van der Waals surface area contributed by atoms with Crippen LogP contribution in [0.2, 0.25) is 0 Å². The fourth-order valence-corrected chi connectivity index (χ4v) is 8.28. The maximum absolute atomic E-state index is 12.9. The van der Waals surface area contributed by atoms with Crippen molar-refractivity contribution in [3.8, 4) is 0 Å². The van der Waals surface area contributed by atoms with Crippen molar-refractivity contribution in [2.75, 3.05) is 27.4 Å². The van der Waals surface area contributed by atoms with Gasteiger partial charge < -0.3 is 38.9 Å². The van der Waals surface area contributed by atoms with E-state index in [1.54, 1.807) is 0 Å². The van der Waals surface area contributed by atoms with E-state index in [-0.39, 0.29) is 79.9 Å². The van der Waals surface area contributed by atoms with E-state index in [0.717, 1.165) is 60.9 Å². The van der Waals surface area contributed by atoms with Gasteiger partial charge in [0.15, 0.2) is 0 Å². The maximum Gasteiger partial charge on any atom is 0.309 e. The van der Waals surface area contributed by atoms with Crippen LogP contribution in [-0.2, 0) is 70.4 Å². The van der Waals surface area contributed by atoms with Gasteiger partial charge in [-0.2, -0.15) is 0 Å². The van der Waals surface area contributed by atoms with E-state index in [1.165, 1.54) is 14.2 Å². The fourth-order valence-electron chi connectivity index (χ4n) is 8.28. The molecule has 5 heterocycles. The minimum absolute atomic E-state index is 0. The van der Waals surface area contributed by atoms with E-state index in [1.807, 2.05) is 65.8 Å². The Kier molecular flexibility index (Phi) is 12.4. The van der Waals surface area contributed by atoms with Crippen molar-refractivity contribution in [2.45, 2.75) is 91.9 Å². The minimum Gasteiger partial charge on any atom is -0.657 e. The summed E-state index contributed by atoms with van der Waals surface area (Å²) in [7, 11) is 2.75. The van der Waals surface area contributed by atoms with Gasteiger partial charge in [0.2, 0.25) is 0 Å². The van der Waals surface area contributed by atoms with Gasteiger partial charge >= 0.3 is 23.9 Å². The second-order valence-electron chi connectivity index (χ2n) is 14.9. The van der Waals surface area contributed by atoms with E-state index in [4.69, 9.17) is 38.9 Å². The van der Waals surface area contributed by atoms with Crippen LogP contribution in [0.5, 0.6) is 0 Å². The summed E-state index contributed by atoms with van der Waals surface area (Å²) >= 11 is 0. The molecule has 8 bridgehead atoms. The number of methoxy groups -OCH3 is 2. The van der Waals surface area contributed by atoms with E-state index in [2.05, 4.69) is 0 Å². The van der Waals surface area contributed by atoms with Gasteiger partial charge in [-0.1, -0.05) is 68.8 Å². The molecule has 13 heteroatoms. The first-order valence-electron chi connectivity index (χ1n) is 19.4. The molecule has 0 saturated heterocycles. The van der Waals surface area contributed by atoms with E-state index in [0.29, 0.717) is 66.7 Å². The zero-order valence-electron chi connectivity index (χ0n) is 34.0.